The Morgan fingerprint density at radius 1 is 1.26 bits per heavy atom. The van der Waals surface area contributed by atoms with Gasteiger partial charge in [0.15, 0.2) is 5.82 Å². The standard InChI is InChI=1S/C18H25N3O2/c1-3-6-17-19-18(23-20-17)13-21-12-5-7-16(21)14-8-10-15(11-9-14)22-4-2/h8-11,16H,3-7,12-13H2,1-2H3. The van der Waals surface area contributed by atoms with Gasteiger partial charge in [0.2, 0.25) is 5.89 Å². The molecule has 1 fully saturated rings. The summed E-state index contributed by atoms with van der Waals surface area (Å²) in [6.07, 6.45) is 4.29. The molecule has 2 heterocycles. The van der Waals surface area contributed by atoms with Crippen molar-refractivity contribution in [2.75, 3.05) is 13.2 Å². The first-order valence-corrected chi connectivity index (χ1v) is 8.58. The average molecular weight is 315 g/mol. The van der Waals surface area contributed by atoms with Gasteiger partial charge in [-0.1, -0.05) is 24.2 Å². The molecule has 23 heavy (non-hydrogen) atoms. The van der Waals surface area contributed by atoms with E-state index in [1.54, 1.807) is 0 Å². The van der Waals surface area contributed by atoms with Crippen molar-refractivity contribution in [1.29, 1.82) is 0 Å². The van der Waals surface area contributed by atoms with Gasteiger partial charge >= 0.3 is 0 Å². The Bertz CT molecular complexity index is 609. The molecular weight excluding hydrogens is 290 g/mol. The number of nitrogens with zero attached hydrogens (tertiary/aromatic N) is 3. The molecule has 0 bridgehead atoms. The lowest BCUT2D eigenvalue weighted by Gasteiger charge is -2.23. The first-order chi connectivity index (χ1) is 11.3. The molecule has 1 aromatic carbocycles. The van der Waals surface area contributed by atoms with Crippen molar-refractivity contribution in [1.82, 2.24) is 15.0 Å². The second-order valence-electron chi connectivity index (χ2n) is 5.98. The first-order valence-electron chi connectivity index (χ1n) is 8.58. The molecule has 1 aliphatic rings. The molecule has 0 N–H and O–H groups in total. The average Bonchev–Trinajstić information content (AvgIpc) is 3.19. The summed E-state index contributed by atoms with van der Waals surface area (Å²) < 4.78 is 10.9. The maximum absolute atomic E-state index is 5.52. The Balaban J connectivity index is 1.66. The van der Waals surface area contributed by atoms with Crippen molar-refractivity contribution in [2.24, 2.45) is 0 Å². The zero-order chi connectivity index (χ0) is 16.1. The Kier molecular flexibility index (Phi) is 5.28. The van der Waals surface area contributed by atoms with Gasteiger partial charge in [-0.3, -0.25) is 4.90 Å². The summed E-state index contributed by atoms with van der Waals surface area (Å²) >= 11 is 0. The minimum atomic E-state index is 0.423. The van der Waals surface area contributed by atoms with Crippen LogP contribution in [0.3, 0.4) is 0 Å². The van der Waals surface area contributed by atoms with Crippen LogP contribution in [0.2, 0.25) is 0 Å². The highest BCUT2D eigenvalue weighted by atomic mass is 16.5. The highest BCUT2D eigenvalue weighted by Crippen LogP contribution is 2.33. The quantitative estimate of drug-likeness (QED) is 0.778. The van der Waals surface area contributed by atoms with E-state index >= 15 is 0 Å². The third-order valence-electron chi connectivity index (χ3n) is 4.26. The summed E-state index contributed by atoms with van der Waals surface area (Å²) in [5.41, 5.74) is 1.33. The normalized spacial score (nSPS) is 18.4. The Hall–Kier alpha value is -1.88. The van der Waals surface area contributed by atoms with Gasteiger partial charge in [-0.25, -0.2) is 0 Å². The van der Waals surface area contributed by atoms with Crippen molar-refractivity contribution in [3.63, 3.8) is 0 Å². The molecule has 1 atom stereocenters. The number of aryl methyl sites for hydroxylation is 1. The van der Waals surface area contributed by atoms with E-state index in [1.165, 1.54) is 18.4 Å². The van der Waals surface area contributed by atoms with Crippen molar-refractivity contribution < 1.29 is 9.26 Å². The van der Waals surface area contributed by atoms with E-state index in [0.29, 0.717) is 12.6 Å². The molecule has 3 rings (SSSR count). The van der Waals surface area contributed by atoms with Crippen LogP contribution in [0.1, 0.15) is 56.4 Å². The van der Waals surface area contributed by atoms with Gasteiger partial charge in [0.25, 0.3) is 0 Å². The predicted molar refractivity (Wildman–Crippen MR) is 88.3 cm³/mol. The van der Waals surface area contributed by atoms with E-state index in [2.05, 4.69) is 46.2 Å². The number of rotatable bonds is 7. The van der Waals surface area contributed by atoms with Gasteiger partial charge in [-0.2, -0.15) is 4.98 Å². The van der Waals surface area contributed by atoms with E-state index in [0.717, 1.165) is 43.4 Å². The van der Waals surface area contributed by atoms with Crippen LogP contribution >= 0.6 is 0 Å². The van der Waals surface area contributed by atoms with Crippen molar-refractivity contribution in [3.8, 4) is 5.75 Å². The minimum absolute atomic E-state index is 0.423. The van der Waals surface area contributed by atoms with E-state index < -0.39 is 0 Å². The van der Waals surface area contributed by atoms with Gasteiger partial charge in [0, 0.05) is 12.5 Å². The van der Waals surface area contributed by atoms with Gasteiger partial charge < -0.3 is 9.26 Å². The van der Waals surface area contributed by atoms with Crippen LogP contribution in [0.5, 0.6) is 5.75 Å². The van der Waals surface area contributed by atoms with Gasteiger partial charge in [-0.15, -0.1) is 0 Å². The van der Waals surface area contributed by atoms with Crippen LogP contribution in [0.4, 0.5) is 0 Å². The lowest BCUT2D eigenvalue weighted by molar-refractivity contribution is 0.212. The van der Waals surface area contributed by atoms with Crippen molar-refractivity contribution in [3.05, 3.63) is 41.5 Å². The fourth-order valence-corrected chi connectivity index (χ4v) is 3.20. The molecule has 0 aliphatic carbocycles. The highest BCUT2D eigenvalue weighted by Gasteiger charge is 2.27. The van der Waals surface area contributed by atoms with Gasteiger partial charge in [0.1, 0.15) is 5.75 Å². The first kappa shape index (κ1) is 16.0. The predicted octanol–water partition coefficient (Wildman–Crippen LogP) is 3.76. The summed E-state index contributed by atoms with van der Waals surface area (Å²) in [5.74, 6) is 2.48. The molecule has 2 aromatic rings. The zero-order valence-corrected chi connectivity index (χ0v) is 14.0. The molecule has 124 valence electrons. The van der Waals surface area contributed by atoms with Crippen LogP contribution in [-0.2, 0) is 13.0 Å². The molecule has 0 radical (unpaired) electrons. The number of aromatic nitrogens is 2. The minimum Gasteiger partial charge on any atom is -0.494 e. The SMILES string of the molecule is CCCc1noc(CN2CCCC2c2ccc(OCC)cc2)n1. The summed E-state index contributed by atoms with van der Waals surface area (Å²) in [5, 5.41) is 4.05. The van der Waals surface area contributed by atoms with Crippen LogP contribution in [-0.4, -0.2) is 28.2 Å². The van der Waals surface area contributed by atoms with Crippen LogP contribution in [0, 0.1) is 0 Å². The van der Waals surface area contributed by atoms with Gasteiger partial charge in [-0.05, 0) is 50.4 Å². The fourth-order valence-electron chi connectivity index (χ4n) is 3.20. The molecular formula is C18H25N3O2. The van der Waals surface area contributed by atoms with Crippen molar-refractivity contribution in [2.45, 2.75) is 52.1 Å². The second-order valence-corrected chi connectivity index (χ2v) is 5.98. The molecule has 0 amide bonds. The number of hydrogen-bond acceptors (Lipinski definition) is 5. The fraction of sp³-hybridized carbons (Fsp3) is 0.556. The van der Waals surface area contributed by atoms with Crippen LogP contribution in [0.25, 0.3) is 0 Å². The van der Waals surface area contributed by atoms with E-state index in [-0.39, 0.29) is 0 Å². The molecule has 0 spiro atoms. The Labute approximate surface area is 137 Å². The number of likely N-dealkylation sites (tertiary alicyclic amines) is 1. The molecule has 1 aromatic heterocycles. The zero-order valence-electron chi connectivity index (χ0n) is 14.0. The topological polar surface area (TPSA) is 51.4 Å². The maximum atomic E-state index is 5.52. The lowest BCUT2D eigenvalue weighted by Crippen LogP contribution is -2.23. The Morgan fingerprint density at radius 3 is 2.83 bits per heavy atom. The van der Waals surface area contributed by atoms with E-state index in [1.807, 2.05) is 6.92 Å². The Morgan fingerprint density at radius 2 is 2.09 bits per heavy atom. The van der Waals surface area contributed by atoms with Crippen LogP contribution in [0.15, 0.2) is 28.8 Å². The van der Waals surface area contributed by atoms with E-state index in [4.69, 9.17) is 9.26 Å². The number of hydrogen-bond donors (Lipinski definition) is 0. The maximum Gasteiger partial charge on any atom is 0.240 e. The van der Waals surface area contributed by atoms with Crippen molar-refractivity contribution >= 4 is 0 Å². The van der Waals surface area contributed by atoms with Gasteiger partial charge in [0.05, 0.1) is 13.2 Å². The smallest absolute Gasteiger partial charge is 0.240 e. The van der Waals surface area contributed by atoms with E-state index in [9.17, 15) is 0 Å². The molecule has 1 aliphatic heterocycles. The largest absolute Gasteiger partial charge is 0.494 e. The molecule has 1 saturated heterocycles. The molecule has 0 saturated carbocycles. The number of benzene rings is 1. The molecule has 5 heteroatoms. The summed E-state index contributed by atoms with van der Waals surface area (Å²) in [6.45, 7) is 6.63. The molecule has 5 nitrogen and oxygen atoms in total. The summed E-state index contributed by atoms with van der Waals surface area (Å²) in [7, 11) is 0. The second kappa shape index (κ2) is 7.59. The van der Waals surface area contributed by atoms with Crippen LogP contribution < -0.4 is 4.74 Å². The summed E-state index contributed by atoms with van der Waals surface area (Å²) in [6, 6.07) is 8.88. The summed E-state index contributed by atoms with van der Waals surface area (Å²) in [4.78, 5) is 6.92. The monoisotopic (exact) mass is 315 g/mol. The number of ether oxygens (including phenoxy) is 1. The third-order valence-corrected chi connectivity index (χ3v) is 4.26. The third kappa shape index (κ3) is 3.91. The molecule has 1 unspecified atom stereocenters. The highest BCUT2D eigenvalue weighted by molar-refractivity contribution is 5.29. The lowest BCUT2D eigenvalue weighted by atomic mass is 10.0.